The van der Waals surface area contributed by atoms with Gasteiger partial charge in [-0.3, -0.25) is 0 Å². The highest BCUT2D eigenvalue weighted by molar-refractivity contribution is 5.23. The van der Waals surface area contributed by atoms with Gasteiger partial charge in [0, 0.05) is 24.8 Å². The molecule has 0 spiro atoms. The van der Waals surface area contributed by atoms with Crippen LogP contribution in [0, 0.1) is 0 Å². The third-order valence-electron chi connectivity index (χ3n) is 3.08. The number of hydrogen-bond donors (Lipinski definition) is 1. The van der Waals surface area contributed by atoms with Crippen molar-refractivity contribution in [1.82, 2.24) is 10.3 Å². The minimum absolute atomic E-state index is 0.00277. The Kier molecular flexibility index (Phi) is 5.13. The Morgan fingerprint density at radius 3 is 2.55 bits per heavy atom. The van der Waals surface area contributed by atoms with E-state index >= 15 is 0 Å². The van der Waals surface area contributed by atoms with Gasteiger partial charge < -0.3 is 10.1 Å². The van der Waals surface area contributed by atoms with Gasteiger partial charge in [0.1, 0.15) is 6.10 Å². The Labute approximate surface area is 121 Å². The maximum absolute atomic E-state index is 5.91. The fourth-order valence-corrected chi connectivity index (χ4v) is 1.92. The number of rotatable bonds is 6. The van der Waals surface area contributed by atoms with Crippen molar-refractivity contribution in [2.24, 2.45) is 0 Å². The van der Waals surface area contributed by atoms with Gasteiger partial charge in [-0.15, -0.1) is 0 Å². The van der Waals surface area contributed by atoms with Gasteiger partial charge in [-0.2, -0.15) is 0 Å². The lowest BCUT2D eigenvalue weighted by Crippen LogP contribution is -2.21. The molecule has 0 bridgehead atoms. The molecule has 1 aromatic heterocycles. The van der Waals surface area contributed by atoms with Crippen LogP contribution in [0.1, 0.15) is 38.0 Å². The number of ether oxygens (including phenoxy) is 1. The summed E-state index contributed by atoms with van der Waals surface area (Å²) in [6.45, 7) is 7.14. The van der Waals surface area contributed by atoms with Gasteiger partial charge in [-0.1, -0.05) is 44.2 Å². The Morgan fingerprint density at radius 2 is 1.85 bits per heavy atom. The third-order valence-corrected chi connectivity index (χ3v) is 3.08. The molecule has 1 heterocycles. The molecule has 3 nitrogen and oxygen atoms in total. The number of hydrogen-bond acceptors (Lipinski definition) is 3. The third kappa shape index (κ3) is 4.35. The first kappa shape index (κ1) is 14.5. The summed E-state index contributed by atoms with van der Waals surface area (Å²) in [5, 5.41) is 3.39. The molecule has 0 saturated heterocycles. The number of pyridine rings is 1. The van der Waals surface area contributed by atoms with E-state index in [-0.39, 0.29) is 6.10 Å². The summed E-state index contributed by atoms with van der Waals surface area (Å²) in [4.78, 5) is 4.28. The van der Waals surface area contributed by atoms with Gasteiger partial charge in [0.05, 0.1) is 0 Å². The van der Waals surface area contributed by atoms with Crippen LogP contribution in [0.2, 0.25) is 0 Å². The molecule has 0 aliphatic rings. The summed E-state index contributed by atoms with van der Waals surface area (Å²) in [7, 11) is 0. The summed E-state index contributed by atoms with van der Waals surface area (Å²) < 4.78 is 5.91. The van der Waals surface area contributed by atoms with Crippen LogP contribution >= 0.6 is 0 Å². The first-order valence-corrected chi connectivity index (χ1v) is 7.05. The molecule has 0 aliphatic heterocycles. The van der Waals surface area contributed by atoms with Crippen molar-refractivity contribution in [3.8, 4) is 5.88 Å². The molecule has 20 heavy (non-hydrogen) atoms. The zero-order chi connectivity index (χ0) is 14.4. The van der Waals surface area contributed by atoms with Gasteiger partial charge in [-0.25, -0.2) is 4.98 Å². The van der Waals surface area contributed by atoms with Crippen molar-refractivity contribution >= 4 is 0 Å². The largest absolute Gasteiger partial charge is 0.470 e. The van der Waals surface area contributed by atoms with E-state index in [1.54, 1.807) is 6.20 Å². The maximum Gasteiger partial charge on any atom is 0.214 e. The molecule has 3 heteroatoms. The lowest BCUT2D eigenvalue weighted by atomic mass is 10.1. The predicted octanol–water partition coefficient (Wildman–Crippen LogP) is 3.72. The predicted molar refractivity (Wildman–Crippen MR) is 81.7 cm³/mol. The molecule has 1 N–H and O–H groups in total. The first-order chi connectivity index (χ1) is 9.65. The van der Waals surface area contributed by atoms with Crippen molar-refractivity contribution in [3.63, 3.8) is 0 Å². The normalized spacial score (nSPS) is 12.4. The highest BCUT2D eigenvalue weighted by atomic mass is 16.5. The molecule has 106 valence electrons. The lowest BCUT2D eigenvalue weighted by molar-refractivity contribution is 0.217. The molecule has 1 aromatic carbocycles. The molecule has 0 saturated carbocycles. The van der Waals surface area contributed by atoms with Crippen molar-refractivity contribution < 1.29 is 4.74 Å². The van der Waals surface area contributed by atoms with Crippen LogP contribution in [0.5, 0.6) is 5.88 Å². The molecule has 1 unspecified atom stereocenters. The quantitative estimate of drug-likeness (QED) is 0.868. The first-order valence-electron chi connectivity index (χ1n) is 7.05. The van der Waals surface area contributed by atoms with Crippen LogP contribution in [0.3, 0.4) is 0 Å². The maximum atomic E-state index is 5.91. The van der Waals surface area contributed by atoms with Gasteiger partial charge >= 0.3 is 0 Å². The number of nitrogens with zero attached hydrogens (tertiary/aromatic N) is 1. The van der Waals surface area contributed by atoms with Crippen LogP contribution in [-0.4, -0.2) is 11.0 Å². The highest BCUT2D eigenvalue weighted by Gasteiger charge is 2.08. The van der Waals surface area contributed by atoms with Gasteiger partial charge in [0.25, 0.3) is 0 Å². The minimum atomic E-state index is -0.00277. The van der Waals surface area contributed by atoms with Gasteiger partial charge in [0.2, 0.25) is 5.88 Å². The summed E-state index contributed by atoms with van der Waals surface area (Å²) in [5.74, 6) is 0.671. The van der Waals surface area contributed by atoms with E-state index in [2.05, 4.69) is 36.3 Å². The van der Waals surface area contributed by atoms with Crippen LogP contribution in [0.4, 0.5) is 0 Å². The van der Waals surface area contributed by atoms with Crippen LogP contribution in [0.15, 0.2) is 48.7 Å². The van der Waals surface area contributed by atoms with E-state index < -0.39 is 0 Å². The van der Waals surface area contributed by atoms with E-state index in [4.69, 9.17) is 4.74 Å². The summed E-state index contributed by atoms with van der Waals surface area (Å²) in [6.07, 6.45) is 1.79. The molecule has 0 radical (unpaired) electrons. The van der Waals surface area contributed by atoms with E-state index in [9.17, 15) is 0 Å². The Balaban J connectivity index is 2.00. The van der Waals surface area contributed by atoms with Crippen molar-refractivity contribution in [2.75, 3.05) is 0 Å². The van der Waals surface area contributed by atoms with Gasteiger partial charge in [-0.05, 0) is 24.1 Å². The molecular weight excluding hydrogens is 248 g/mol. The summed E-state index contributed by atoms with van der Waals surface area (Å²) in [6, 6.07) is 14.6. The molecule has 0 fully saturated rings. The second kappa shape index (κ2) is 7.06. The fourth-order valence-electron chi connectivity index (χ4n) is 1.92. The zero-order valence-electron chi connectivity index (χ0n) is 12.3. The minimum Gasteiger partial charge on any atom is -0.470 e. The molecular formula is C17H22N2O. The van der Waals surface area contributed by atoms with Crippen LogP contribution in [0.25, 0.3) is 0 Å². The van der Waals surface area contributed by atoms with Crippen LogP contribution in [-0.2, 0) is 6.54 Å². The van der Waals surface area contributed by atoms with E-state index in [1.165, 1.54) is 5.56 Å². The SMILES string of the molecule is CC(C)NCc1ccnc(OC(C)c2ccccc2)c1. The molecule has 0 amide bonds. The van der Waals surface area contributed by atoms with Crippen LogP contribution < -0.4 is 10.1 Å². The summed E-state index contributed by atoms with van der Waals surface area (Å²) >= 11 is 0. The van der Waals surface area contributed by atoms with Crippen molar-refractivity contribution in [3.05, 3.63) is 59.8 Å². The zero-order valence-corrected chi connectivity index (χ0v) is 12.3. The van der Waals surface area contributed by atoms with Crippen molar-refractivity contribution in [1.29, 1.82) is 0 Å². The van der Waals surface area contributed by atoms with E-state index in [1.807, 2.05) is 37.3 Å². The monoisotopic (exact) mass is 270 g/mol. The fraction of sp³-hybridized carbons (Fsp3) is 0.353. The summed E-state index contributed by atoms with van der Waals surface area (Å²) in [5.41, 5.74) is 2.34. The number of nitrogens with one attached hydrogen (secondary N) is 1. The standard InChI is InChI=1S/C17H22N2O/c1-13(2)19-12-15-9-10-18-17(11-15)20-14(3)16-7-5-4-6-8-16/h4-11,13-14,19H,12H2,1-3H3. The molecule has 2 rings (SSSR count). The highest BCUT2D eigenvalue weighted by Crippen LogP contribution is 2.20. The van der Waals surface area contributed by atoms with Gasteiger partial charge in [0.15, 0.2) is 0 Å². The average molecular weight is 270 g/mol. The second-order valence-electron chi connectivity index (χ2n) is 5.21. The van der Waals surface area contributed by atoms with Crippen molar-refractivity contribution in [2.45, 2.75) is 39.5 Å². The molecule has 0 aliphatic carbocycles. The Bertz CT molecular complexity index is 526. The smallest absolute Gasteiger partial charge is 0.214 e. The average Bonchev–Trinajstić information content (AvgIpc) is 2.46. The molecule has 2 aromatic rings. The second-order valence-corrected chi connectivity index (χ2v) is 5.21. The number of benzene rings is 1. The lowest BCUT2D eigenvalue weighted by Gasteiger charge is -2.15. The topological polar surface area (TPSA) is 34.2 Å². The Morgan fingerprint density at radius 1 is 1.10 bits per heavy atom. The Hall–Kier alpha value is -1.87. The van der Waals surface area contributed by atoms with E-state index in [0.29, 0.717) is 11.9 Å². The number of aromatic nitrogens is 1. The van der Waals surface area contributed by atoms with E-state index in [0.717, 1.165) is 12.1 Å². The molecule has 1 atom stereocenters.